The van der Waals surface area contributed by atoms with Gasteiger partial charge in [-0.1, -0.05) is 12.1 Å². The fourth-order valence-corrected chi connectivity index (χ4v) is 1.19. The molecule has 17 heavy (non-hydrogen) atoms. The second-order valence-electron chi connectivity index (χ2n) is 3.69. The van der Waals surface area contributed by atoms with Gasteiger partial charge in [0.15, 0.2) is 0 Å². The second-order valence-corrected chi connectivity index (χ2v) is 3.69. The van der Waals surface area contributed by atoms with Gasteiger partial charge in [0.05, 0.1) is 5.56 Å². The zero-order chi connectivity index (χ0) is 12.8. The molecule has 0 spiro atoms. The van der Waals surface area contributed by atoms with Crippen molar-refractivity contribution in [1.29, 1.82) is 0 Å². The highest BCUT2D eigenvalue weighted by Crippen LogP contribution is 2.03. The summed E-state index contributed by atoms with van der Waals surface area (Å²) in [4.78, 5) is 21.9. The fourth-order valence-electron chi connectivity index (χ4n) is 1.19. The van der Waals surface area contributed by atoms with Gasteiger partial charge in [0.1, 0.15) is 0 Å². The maximum Gasteiger partial charge on any atom is 0.335 e. The first-order valence-electron chi connectivity index (χ1n) is 5.03. The van der Waals surface area contributed by atoms with E-state index in [1.807, 2.05) is 0 Å². The third-order valence-corrected chi connectivity index (χ3v) is 1.98. The predicted octanol–water partition coefficient (Wildman–Crippen LogP) is 0.661. The second kappa shape index (κ2) is 5.86. The lowest BCUT2D eigenvalue weighted by Gasteiger charge is -2.12. The van der Waals surface area contributed by atoms with Crippen LogP contribution < -0.4 is 10.7 Å². The van der Waals surface area contributed by atoms with Crippen molar-refractivity contribution in [3.63, 3.8) is 0 Å². The summed E-state index contributed by atoms with van der Waals surface area (Å²) >= 11 is 0. The van der Waals surface area contributed by atoms with Gasteiger partial charge < -0.3 is 10.4 Å². The van der Waals surface area contributed by atoms with Crippen LogP contribution in [0, 0.1) is 0 Å². The quantitative estimate of drug-likeness (QED) is 0.672. The number of rotatable bonds is 4. The molecule has 92 valence electrons. The summed E-state index contributed by atoms with van der Waals surface area (Å²) in [5.41, 5.74) is 3.60. The summed E-state index contributed by atoms with van der Waals surface area (Å²) in [6, 6.07) is 6.03. The maximum atomic E-state index is 11.2. The molecule has 2 amide bonds. The molecule has 1 rings (SSSR count). The Morgan fingerprint density at radius 3 is 2.29 bits per heavy atom. The summed E-state index contributed by atoms with van der Waals surface area (Å²) in [6.07, 6.45) is 0. The highest BCUT2D eigenvalue weighted by Gasteiger charge is 2.03. The van der Waals surface area contributed by atoms with Gasteiger partial charge in [0, 0.05) is 20.6 Å². The van der Waals surface area contributed by atoms with Crippen LogP contribution in [-0.4, -0.2) is 36.2 Å². The zero-order valence-electron chi connectivity index (χ0n) is 9.73. The molecule has 0 aliphatic carbocycles. The minimum Gasteiger partial charge on any atom is -0.478 e. The normalized spacial score (nSPS) is 10.1. The molecule has 0 aliphatic heterocycles. The minimum absolute atomic E-state index is 0.228. The maximum absolute atomic E-state index is 11.2. The average Bonchev–Trinajstić information content (AvgIpc) is 2.26. The van der Waals surface area contributed by atoms with Gasteiger partial charge in [-0.2, -0.15) is 0 Å². The fraction of sp³-hybridized carbons (Fsp3) is 0.273. The van der Waals surface area contributed by atoms with Gasteiger partial charge in [0.25, 0.3) is 0 Å². The van der Waals surface area contributed by atoms with Crippen molar-refractivity contribution >= 4 is 12.0 Å². The topological polar surface area (TPSA) is 81.7 Å². The van der Waals surface area contributed by atoms with E-state index in [1.54, 1.807) is 26.2 Å². The van der Waals surface area contributed by atoms with Gasteiger partial charge in [-0.3, -0.25) is 5.43 Å². The smallest absolute Gasteiger partial charge is 0.335 e. The van der Waals surface area contributed by atoms with Crippen LogP contribution >= 0.6 is 0 Å². The molecule has 1 aromatic rings. The third-order valence-electron chi connectivity index (χ3n) is 1.98. The summed E-state index contributed by atoms with van der Waals surface area (Å²) in [7, 11) is 3.42. The van der Waals surface area contributed by atoms with Gasteiger partial charge in [-0.25, -0.2) is 14.6 Å². The SMILES string of the molecule is CN(C)NC(=O)NCc1ccc(C(=O)O)cc1. The average molecular weight is 237 g/mol. The minimum atomic E-state index is -0.963. The molecule has 0 bridgehead atoms. The van der Waals surface area contributed by atoms with E-state index in [1.165, 1.54) is 17.1 Å². The van der Waals surface area contributed by atoms with Crippen LogP contribution in [0.2, 0.25) is 0 Å². The monoisotopic (exact) mass is 237 g/mol. The number of benzene rings is 1. The van der Waals surface area contributed by atoms with Crippen molar-refractivity contribution in [2.45, 2.75) is 6.54 Å². The molecular formula is C11H15N3O3. The standard InChI is InChI=1S/C11H15N3O3/c1-14(2)13-11(17)12-7-8-3-5-9(6-4-8)10(15)16/h3-6H,7H2,1-2H3,(H,15,16)(H2,12,13,17). The van der Waals surface area contributed by atoms with E-state index >= 15 is 0 Å². The number of hydrogen-bond donors (Lipinski definition) is 3. The summed E-state index contributed by atoms with van der Waals surface area (Å²) < 4.78 is 0. The van der Waals surface area contributed by atoms with Crippen molar-refractivity contribution in [2.75, 3.05) is 14.1 Å². The lowest BCUT2D eigenvalue weighted by Crippen LogP contribution is -2.42. The van der Waals surface area contributed by atoms with Crippen molar-refractivity contribution < 1.29 is 14.7 Å². The van der Waals surface area contributed by atoms with E-state index in [-0.39, 0.29) is 11.6 Å². The van der Waals surface area contributed by atoms with Crippen molar-refractivity contribution in [3.05, 3.63) is 35.4 Å². The van der Waals surface area contributed by atoms with Crippen LogP contribution in [0.25, 0.3) is 0 Å². The van der Waals surface area contributed by atoms with Crippen LogP contribution in [0.15, 0.2) is 24.3 Å². The molecule has 1 aromatic carbocycles. The number of hydrazine groups is 1. The van der Waals surface area contributed by atoms with Gasteiger partial charge in [-0.05, 0) is 17.7 Å². The molecule has 0 unspecified atom stereocenters. The summed E-state index contributed by atoms with van der Waals surface area (Å²) in [5.74, 6) is -0.963. The Labute approximate surface area is 99.2 Å². The van der Waals surface area contributed by atoms with E-state index in [0.29, 0.717) is 6.54 Å². The number of carbonyl (C=O) groups excluding carboxylic acids is 1. The summed E-state index contributed by atoms with van der Waals surface area (Å²) in [6.45, 7) is 0.347. The first-order chi connectivity index (χ1) is 7.99. The van der Waals surface area contributed by atoms with E-state index in [9.17, 15) is 9.59 Å². The Bertz CT molecular complexity index is 401. The Balaban J connectivity index is 2.47. The van der Waals surface area contributed by atoms with Crippen molar-refractivity contribution in [3.8, 4) is 0 Å². The number of hydrogen-bond acceptors (Lipinski definition) is 3. The van der Waals surface area contributed by atoms with Crippen LogP contribution in [0.3, 0.4) is 0 Å². The number of urea groups is 1. The number of nitrogens with zero attached hydrogens (tertiary/aromatic N) is 1. The van der Waals surface area contributed by atoms with Crippen LogP contribution in [-0.2, 0) is 6.54 Å². The molecule has 6 heteroatoms. The molecular weight excluding hydrogens is 222 g/mol. The molecule has 0 radical (unpaired) electrons. The first kappa shape index (κ1) is 13.0. The summed E-state index contributed by atoms with van der Waals surface area (Å²) in [5, 5.41) is 12.9. The van der Waals surface area contributed by atoms with E-state index in [2.05, 4.69) is 10.7 Å². The number of carbonyl (C=O) groups is 2. The van der Waals surface area contributed by atoms with E-state index in [0.717, 1.165) is 5.56 Å². The number of nitrogens with one attached hydrogen (secondary N) is 2. The Morgan fingerprint density at radius 2 is 1.82 bits per heavy atom. The van der Waals surface area contributed by atoms with Gasteiger partial charge in [0.2, 0.25) is 0 Å². The molecule has 0 saturated carbocycles. The molecule has 3 N–H and O–H groups in total. The number of amides is 2. The number of carboxylic acid groups (broad SMARTS) is 1. The highest BCUT2D eigenvalue weighted by atomic mass is 16.4. The van der Waals surface area contributed by atoms with Crippen molar-refractivity contribution in [1.82, 2.24) is 15.8 Å². The first-order valence-corrected chi connectivity index (χ1v) is 5.03. The van der Waals surface area contributed by atoms with E-state index in [4.69, 9.17) is 5.11 Å². The molecule has 6 nitrogen and oxygen atoms in total. The third kappa shape index (κ3) is 4.52. The Morgan fingerprint density at radius 1 is 1.24 bits per heavy atom. The Hall–Kier alpha value is -2.08. The predicted molar refractivity (Wildman–Crippen MR) is 62.5 cm³/mol. The van der Waals surface area contributed by atoms with Crippen LogP contribution in [0.1, 0.15) is 15.9 Å². The van der Waals surface area contributed by atoms with Crippen LogP contribution in [0.5, 0.6) is 0 Å². The van der Waals surface area contributed by atoms with Gasteiger partial charge in [-0.15, -0.1) is 0 Å². The van der Waals surface area contributed by atoms with Gasteiger partial charge >= 0.3 is 12.0 Å². The number of carboxylic acids is 1. The molecule has 0 aliphatic rings. The molecule has 0 fully saturated rings. The lowest BCUT2D eigenvalue weighted by atomic mass is 10.1. The van der Waals surface area contributed by atoms with E-state index < -0.39 is 5.97 Å². The Kier molecular flexibility index (Phi) is 4.47. The molecule has 0 saturated heterocycles. The van der Waals surface area contributed by atoms with Crippen molar-refractivity contribution in [2.24, 2.45) is 0 Å². The molecule has 0 heterocycles. The lowest BCUT2D eigenvalue weighted by molar-refractivity contribution is 0.0697. The molecule has 0 atom stereocenters. The molecule has 0 aromatic heterocycles. The number of aromatic carboxylic acids is 1. The zero-order valence-corrected chi connectivity index (χ0v) is 9.73. The van der Waals surface area contributed by atoms with Crippen LogP contribution in [0.4, 0.5) is 4.79 Å². The highest BCUT2D eigenvalue weighted by molar-refractivity contribution is 5.87. The largest absolute Gasteiger partial charge is 0.478 e.